The molecule has 0 radical (unpaired) electrons. The highest BCUT2D eigenvalue weighted by atomic mass is 32.2. The number of thiophene rings is 1. The van der Waals surface area contributed by atoms with Crippen LogP contribution in [0, 0.1) is 18.3 Å². The van der Waals surface area contributed by atoms with Crippen LogP contribution in [0.25, 0.3) is 10.7 Å². The molecule has 0 spiro atoms. The van der Waals surface area contributed by atoms with Crippen molar-refractivity contribution >= 4 is 39.6 Å². The molecule has 138 valence electrons. The molecule has 0 aromatic carbocycles. The van der Waals surface area contributed by atoms with Crippen molar-refractivity contribution in [3.05, 3.63) is 23.9 Å². The molecule has 2 aliphatic rings. The standard InChI is InChI=1S/C19H19N5OS2/c1-3-12-11-22-19(16-6-7-17(26-16)27(25)20-2)24-18(12)23-14-8-9-21-15(10-14)13-4-5-13/h1,6-7,11,13,20H,4-5,8-10H2,2H3. The topological polar surface area (TPSA) is 79.6 Å². The average molecular weight is 398 g/mol. The molecule has 0 bridgehead atoms. The summed E-state index contributed by atoms with van der Waals surface area (Å²) in [6.07, 6.45) is 11.4. The van der Waals surface area contributed by atoms with Gasteiger partial charge in [-0.2, -0.15) is 0 Å². The fraction of sp³-hybridized carbons (Fsp3) is 0.368. The minimum absolute atomic E-state index is 0.527. The second-order valence-electron chi connectivity index (χ2n) is 6.42. The summed E-state index contributed by atoms with van der Waals surface area (Å²) in [5, 5.41) is 0. The van der Waals surface area contributed by atoms with E-state index in [1.165, 1.54) is 29.9 Å². The van der Waals surface area contributed by atoms with Crippen LogP contribution in [0.3, 0.4) is 0 Å². The predicted octanol–water partition coefficient (Wildman–Crippen LogP) is 3.15. The number of nitrogens with one attached hydrogen (secondary N) is 1. The van der Waals surface area contributed by atoms with Gasteiger partial charge in [0.25, 0.3) is 0 Å². The molecule has 1 atom stereocenters. The van der Waals surface area contributed by atoms with E-state index in [2.05, 4.69) is 25.6 Å². The van der Waals surface area contributed by atoms with E-state index >= 15 is 0 Å². The van der Waals surface area contributed by atoms with Crippen LogP contribution in [0.15, 0.2) is 32.5 Å². The summed E-state index contributed by atoms with van der Waals surface area (Å²) in [5.41, 5.74) is 2.93. The minimum atomic E-state index is -1.22. The molecule has 2 aromatic heterocycles. The highest BCUT2D eigenvalue weighted by Gasteiger charge is 2.29. The molecule has 27 heavy (non-hydrogen) atoms. The van der Waals surface area contributed by atoms with Crippen LogP contribution in [-0.4, -0.2) is 39.2 Å². The Kier molecular flexibility index (Phi) is 5.25. The van der Waals surface area contributed by atoms with Crippen LogP contribution in [0.5, 0.6) is 0 Å². The summed E-state index contributed by atoms with van der Waals surface area (Å²) in [7, 11) is 0.435. The lowest BCUT2D eigenvalue weighted by Crippen LogP contribution is -2.17. The van der Waals surface area contributed by atoms with Crippen molar-refractivity contribution < 1.29 is 4.21 Å². The van der Waals surface area contributed by atoms with Crippen LogP contribution in [0.1, 0.15) is 31.2 Å². The van der Waals surface area contributed by atoms with Crippen molar-refractivity contribution in [1.82, 2.24) is 14.7 Å². The third kappa shape index (κ3) is 4.05. The number of aliphatic imine (C=N–C) groups is 2. The number of rotatable bonds is 5. The monoisotopic (exact) mass is 397 g/mol. The minimum Gasteiger partial charge on any atom is -0.293 e. The summed E-state index contributed by atoms with van der Waals surface area (Å²) in [4.78, 5) is 19.2. The molecule has 2 aromatic rings. The first-order chi connectivity index (χ1) is 13.2. The lowest BCUT2D eigenvalue weighted by atomic mass is 10.0. The van der Waals surface area contributed by atoms with Crippen molar-refractivity contribution in [3.8, 4) is 23.0 Å². The number of aromatic nitrogens is 2. The van der Waals surface area contributed by atoms with Crippen LogP contribution in [0.2, 0.25) is 0 Å². The van der Waals surface area contributed by atoms with E-state index in [1.54, 1.807) is 13.2 Å². The highest BCUT2D eigenvalue weighted by Crippen LogP contribution is 2.34. The van der Waals surface area contributed by atoms with Crippen LogP contribution < -0.4 is 4.72 Å². The summed E-state index contributed by atoms with van der Waals surface area (Å²) >= 11 is 1.39. The van der Waals surface area contributed by atoms with Crippen molar-refractivity contribution in [2.75, 3.05) is 13.6 Å². The lowest BCUT2D eigenvalue weighted by Gasteiger charge is -2.14. The Morgan fingerprint density at radius 2 is 2.26 bits per heavy atom. The fourth-order valence-corrected chi connectivity index (χ4v) is 4.83. The molecular weight excluding hydrogens is 378 g/mol. The fourth-order valence-electron chi connectivity index (χ4n) is 2.94. The lowest BCUT2D eigenvalue weighted by molar-refractivity contribution is 0.679. The van der Waals surface area contributed by atoms with Gasteiger partial charge >= 0.3 is 0 Å². The van der Waals surface area contributed by atoms with Gasteiger partial charge in [-0.1, -0.05) is 5.92 Å². The Bertz CT molecular complexity index is 998. The van der Waals surface area contributed by atoms with Crippen molar-refractivity contribution in [2.24, 2.45) is 15.9 Å². The first kappa shape index (κ1) is 18.2. The van der Waals surface area contributed by atoms with Crippen molar-refractivity contribution in [3.63, 3.8) is 0 Å². The summed E-state index contributed by atoms with van der Waals surface area (Å²) in [5.74, 6) is 4.35. The van der Waals surface area contributed by atoms with Gasteiger partial charge in [-0.25, -0.2) is 23.9 Å². The maximum Gasteiger partial charge on any atom is 0.171 e. The zero-order chi connectivity index (χ0) is 18.8. The van der Waals surface area contributed by atoms with Gasteiger partial charge < -0.3 is 0 Å². The third-order valence-corrected chi connectivity index (χ3v) is 6.96. The third-order valence-electron chi connectivity index (χ3n) is 4.51. The highest BCUT2D eigenvalue weighted by molar-refractivity contribution is 7.85. The summed E-state index contributed by atoms with van der Waals surface area (Å²) in [6, 6.07) is 3.69. The van der Waals surface area contributed by atoms with Gasteiger partial charge in [0.05, 0.1) is 10.4 Å². The van der Waals surface area contributed by atoms with Gasteiger partial charge in [-0.15, -0.1) is 17.8 Å². The molecule has 8 heteroatoms. The van der Waals surface area contributed by atoms with Crippen LogP contribution >= 0.6 is 11.3 Å². The van der Waals surface area contributed by atoms with Gasteiger partial charge in [0, 0.05) is 37.0 Å². The van der Waals surface area contributed by atoms with E-state index in [0.717, 1.165) is 34.2 Å². The van der Waals surface area contributed by atoms with Gasteiger partial charge in [0.2, 0.25) is 0 Å². The summed E-state index contributed by atoms with van der Waals surface area (Å²) < 4.78 is 15.3. The molecule has 1 fully saturated rings. The van der Waals surface area contributed by atoms with E-state index in [9.17, 15) is 4.21 Å². The second-order valence-corrected chi connectivity index (χ2v) is 9.15. The van der Waals surface area contributed by atoms with Gasteiger partial charge in [0.15, 0.2) is 11.6 Å². The first-order valence-corrected chi connectivity index (χ1v) is 10.8. The van der Waals surface area contributed by atoms with E-state index in [4.69, 9.17) is 11.4 Å². The zero-order valence-electron chi connectivity index (χ0n) is 14.9. The van der Waals surface area contributed by atoms with Crippen molar-refractivity contribution in [2.45, 2.75) is 29.9 Å². The molecule has 1 N–H and O–H groups in total. The average Bonchev–Trinajstić information content (AvgIpc) is 3.44. The molecule has 0 amide bonds. The SMILES string of the molecule is C#Cc1cnc(-c2ccc(S(=O)NC)s2)nc1N=C1CCN=C(C2CC2)C1. The van der Waals surface area contributed by atoms with Gasteiger partial charge in [-0.3, -0.25) is 4.99 Å². The number of hydrogen-bond donors (Lipinski definition) is 1. The molecule has 0 saturated heterocycles. The largest absolute Gasteiger partial charge is 0.293 e. The molecule has 4 rings (SSSR count). The second kappa shape index (κ2) is 7.80. The van der Waals surface area contributed by atoms with E-state index in [-0.39, 0.29) is 0 Å². The normalized spacial score (nSPS) is 19.6. The smallest absolute Gasteiger partial charge is 0.171 e. The Balaban J connectivity index is 1.64. The van der Waals surface area contributed by atoms with Crippen LogP contribution in [0.4, 0.5) is 5.82 Å². The maximum atomic E-state index is 11.9. The number of terminal acetylenes is 1. The van der Waals surface area contributed by atoms with E-state index < -0.39 is 11.0 Å². The molecule has 1 aliphatic carbocycles. The molecule has 1 unspecified atom stereocenters. The van der Waals surface area contributed by atoms with E-state index in [0.29, 0.717) is 23.1 Å². The number of nitrogens with zero attached hydrogens (tertiary/aromatic N) is 4. The Labute approximate surface area is 164 Å². The first-order valence-electron chi connectivity index (χ1n) is 8.80. The zero-order valence-corrected chi connectivity index (χ0v) is 16.6. The Morgan fingerprint density at radius 3 is 3.00 bits per heavy atom. The molecule has 3 heterocycles. The van der Waals surface area contributed by atoms with Gasteiger partial charge in [-0.05, 0) is 37.9 Å². The molecular formula is C19H19N5OS2. The molecule has 1 aliphatic heterocycles. The number of hydrogen-bond acceptors (Lipinski definition) is 6. The summed E-state index contributed by atoms with van der Waals surface area (Å²) in [6.45, 7) is 0.790. The van der Waals surface area contributed by atoms with Crippen LogP contribution in [-0.2, 0) is 11.0 Å². The molecule has 1 saturated carbocycles. The quantitative estimate of drug-likeness (QED) is 0.787. The van der Waals surface area contributed by atoms with E-state index in [1.807, 2.05) is 12.1 Å². The Morgan fingerprint density at radius 1 is 1.41 bits per heavy atom. The maximum absolute atomic E-state index is 11.9. The Hall–Kier alpha value is -2.21. The molecule has 6 nitrogen and oxygen atoms in total. The van der Waals surface area contributed by atoms with Gasteiger partial charge in [0.1, 0.15) is 15.2 Å². The predicted molar refractivity (Wildman–Crippen MR) is 110 cm³/mol. The van der Waals surface area contributed by atoms with Crippen molar-refractivity contribution in [1.29, 1.82) is 0 Å².